The van der Waals surface area contributed by atoms with Gasteiger partial charge in [-0.25, -0.2) is 0 Å². The van der Waals surface area contributed by atoms with Crippen molar-refractivity contribution >= 4 is 5.78 Å². The molecule has 0 radical (unpaired) electrons. The number of carbonyl (C=O) groups is 1. The topological polar surface area (TPSA) is 26.3 Å². The highest BCUT2D eigenvalue weighted by molar-refractivity contribution is 5.80. The Kier molecular flexibility index (Phi) is 12.8. The Morgan fingerprint density at radius 2 is 1.33 bits per heavy atom. The monoisotopic (exact) mass is 256 g/mol. The lowest BCUT2D eigenvalue weighted by atomic mass is 10.0. The summed E-state index contributed by atoms with van der Waals surface area (Å²) in [5.74, 6) is 0.161. The Morgan fingerprint density at radius 3 is 1.72 bits per heavy atom. The molecule has 1 unspecified atom stereocenters. The Morgan fingerprint density at radius 1 is 0.889 bits per heavy atom. The first kappa shape index (κ1) is 17.6. The molecule has 0 saturated carbocycles. The summed E-state index contributed by atoms with van der Waals surface area (Å²) in [6.07, 6.45) is 14.1. The van der Waals surface area contributed by atoms with Crippen LogP contribution in [0.3, 0.4) is 0 Å². The normalized spacial score (nSPS) is 12.6. The Balaban J connectivity index is 3.18. The lowest BCUT2D eigenvalue weighted by Crippen LogP contribution is -2.19. The number of hydrogen-bond donors (Lipinski definition) is 0. The number of ether oxygens (including phenoxy) is 1. The van der Waals surface area contributed by atoms with Crippen LogP contribution >= 0.6 is 0 Å². The van der Waals surface area contributed by atoms with Crippen LogP contribution in [-0.4, -0.2) is 19.0 Å². The average Bonchev–Trinajstić information content (AvgIpc) is 2.35. The number of rotatable bonds is 13. The largest absolute Gasteiger partial charge is 0.374 e. The molecule has 18 heavy (non-hydrogen) atoms. The molecule has 0 aromatic carbocycles. The quantitative estimate of drug-likeness (QED) is 0.438. The van der Waals surface area contributed by atoms with Crippen molar-refractivity contribution < 1.29 is 9.53 Å². The summed E-state index contributed by atoms with van der Waals surface area (Å²) in [5.41, 5.74) is 0. The second-order valence-electron chi connectivity index (χ2n) is 5.31. The summed E-state index contributed by atoms with van der Waals surface area (Å²) >= 11 is 0. The van der Waals surface area contributed by atoms with Gasteiger partial charge < -0.3 is 4.74 Å². The van der Waals surface area contributed by atoms with Crippen LogP contribution in [0.5, 0.6) is 0 Å². The van der Waals surface area contributed by atoms with Crippen LogP contribution in [-0.2, 0) is 9.53 Å². The van der Waals surface area contributed by atoms with Gasteiger partial charge in [-0.1, -0.05) is 71.1 Å². The van der Waals surface area contributed by atoms with Gasteiger partial charge in [0.2, 0.25) is 0 Å². The maximum absolute atomic E-state index is 11.1. The zero-order valence-corrected chi connectivity index (χ0v) is 12.7. The van der Waals surface area contributed by atoms with Crippen molar-refractivity contribution in [3.63, 3.8) is 0 Å². The highest BCUT2D eigenvalue weighted by atomic mass is 16.5. The lowest BCUT2D eigenvalue weighted by molar-refractivity contribution is -0.127. The third-order valence-corrected chi connectivity index (χ3v) is 3.56. The Labute approximate surface area is 113 Å². The predicted octanol–water partition coefficient (Wildman–Crippen LogP) is 4.90. The molecule has 0 aromatic heterocycles. The van der Waals surface area contributed by atoms with E-state index in [2.05, 4.69) is 6.92 Å². The molecule has 0 aromatic rings. The molecule has 0 fully saturated rings. The van der Waals surface area contributed by atoms with Gasteiger partial charge in [-0.2, -0.15) is 0 Å². The summed E-state index contributed by atoms with van der Waals surface area (Å²) in [4.78, 5) is 11.1. The molecule has 0 N–H and O–H groups in total. The molecule has 2 nitrogen and oxygen atoms in total. The molecule has 108 valence electrons. The minimum atomic E-state index is -0.168. The van der Waals surface area contributed by atoms with E-state index >= 15 is 0 Å². The van der Waals surface area contributed by atoms with Crippen LogP contribution in [0.4, 0.5) is 0 Å². The van der Waals surface area contributed by atoms with Gasteiger partial charge in [0.1, 0.15) is 6.10 Å². The van der Waals surface area contributed by atoms with Gasteiger partial charge in [-0.15, -0.1) is 0 Å². The van der Waals surface area contributed by atoms with Crippen LogP contribution in [0.15, 0.2) is 0 Å². The summed E-state index contributed by atoms with van der Waals surface area (Å²) in [6.45, 7) is 3.87. The summed E-state index contributed by atoms with van der Waals surface area (Å²) in [5, 5.41) is 0. The molecule has 0 aliphatic heterocycles. The number of hydrogen-bond acceptors (Lipinski definition) is 2. The molecule has 1 atom stereocenters. The molecular formula is C16H32O2. The minimum Gasteiger partial charge on any atom is -0.374 e. The van der Waals surface area contributed by atoms with E-state index in [0.717, 1.165) is 12.8 Å². The molecule has 0 saturated heterocycles. The highest BCUT2D eigenvalue weighted by Gasteiger charge is 2.11. The maximum atomic E-state index is 11.1. The van der Waals surface area contributed by atoms with Gasteiger partial charge >= 0.3 is 0 Å². The zero-order valence-electron chi connectivity index (χ0n) is 12.7. The fraction of sp³-hybridized carbons (Fsp3) is 0.938. The van der Waals surface area contributed by atoms with Crippen molar-refractivity contribution in [1.82, 2.24) is 0 Å². The predicted molar refractivity (Wildman–Crippen MR) is 77.9 cm³/mol. The molecule has 0 bridgehead atoms. The van der Waals surface area contributed by atoms with Crippen molar-refractivity contribution in [1.29, 1.82) is 0 Å². The Bertz CT molecular complexity index is 190. The van der Waals surface area contributed by atoms with Crippen LogP contribution in [0.25, 0.3) is 0 Å². The summed E-state index contributed by atoms with van der Waals surface area (Å²) < 4.78 is 5.14. The number of ketones is 1. The smallest absolute Gasteiger partial charge is 0.158 e. The SMILES string of the molecule is CCCCCCCCCCCCC(OC)C(C)=O. The van der Waals surface area contributed by atoms with E-state index in [1.54, 1.807) is 14.0 Å². The number of Topliss-reactive ketones (excluding diaryl/α,β-unsaturated/α-hetero) is 1. The summed E-state index contributed by atoms with van der Waals surface area (Å²) in [6, 6.07) is 0. The first-order valence-electron chi connectivity index (χ1n) is 7.75. The van der Waals surface area contributed by atoms with E-state index in [0.29, 0.717) is 0 Å². The lowest BCUT2D eigenvalue weighted by Gasteiger charge is -2.11. The van der Waals surface area contributed by atoms with Crippen LogP contribution in [0.2, 0.25) is 0 Å². The van der Waals surface area contributed by atoms with Gasteiger partial charge in [-0.05, 0) is 13.3 Å². The fourth-order valence-electron chi connectivity index (χ4n) is 2.30. The summed E-state index contributed by atoms with van der Waals surface area (Å²) in [7, 11) is 1.63. The van der Waals surface area contributed by atoms with Crippen molar-refractivity contribution in [3.8, 4) is 0 Å². The average molecular weight is 256 g/mol. The number of methoxy groups -OCH3 is 1. The van der Waals surface area contributed by atoms with Gasteiger partial charge in [-0.3, -0.25) is 4.79 Å². The van der Waals surface area contributed by atoms with Crippen LogP contribution in [0, 0.1) is 0 Å². The van der Waals surface area contributed by atoms with Gasteiger partial charge in [0.25, 0.3) is 0 Å². The molecule has 0 rings (SSSR count). The molecule has 0 spiro atoms. The molecule has 0 aliphatic carbocycles. The van der Waals surface area contributed by atoms with Crippen LogP contribution < -0.4 is 0 Å². The second kappa shape index (κ2) is 13.1. The molecule has 0 aliphatic rings. The maximum Gasteiger partial charge on any atom is 0.158 e. The Hall–Kier alpha value is -0.370. The van der Waals surface area contributed by atoms with Crippen LogP contribution in [0.1, 0.15) is 84.5 Å². The van der Waals surface area contributed by atoms with Gasteiger partial charge in [0, 0.05) is 7.11 Å². The highest BCUT2D eigenvalue weighted by Crippen LogP contribution is 2.12. The first-order chi connectivity index (χ1) is 8.72. The van der Waals surface area contributed by atoms with E-state index in [-0.39, 0.29) is 11.9 Å². The van der Waals surface area contributed by atoms with Crippen molar-refractivity contribution in [2.75, 3.05) is 7.11 Å². The van der Waals surface area contributed by atoms with E-state index < -0.39 is 0 Å². The number of carbonyl (C=O) groups excluding carboxylic acids is 1. The standard InChI is InChI=1S/C16H32O2/c1-4-5-6-7-8-9-10-11-12-13-14-16(18-3)15(2)17/h16H,4-14H2,1-3H3. The van der Waals surface area contributed by atoms with E-state index in [4.69, 9.17) is 4.74 Å². The van der Waals surface area contributed by atoms with Gasteiger partial charge in [0.05, 0.1) is 0 Å². The third-order valence-electron chi connectivity index (χ3n) is 3.56. The fourth-order valence-corrected chi connectivity index (χ4v) is 2.30. The zero-order chi connectivity index (χ0) is 13.6. The van der Waals surface area contributed by atoms with E-state index in [1.807, 2.05) is 0 Å². The minimum absolute atomic E-state index is 0.161. The molecule has 0 amide bonds. The second-order valence-corrected chi connectivity index (χ2v) is 5.31. The van der Waals surface area contributed by atoms with E-state index in [9.17, 15) is 4.79 Å². The van der Waals surface area contributed by atoms with Crippen molar-refractivity contribution in [2.45, 2.75) is 90.6 Å². The third kappa shape index (κ3) is 10.8. The molecule has 2 heteroatoms. The van der Waals surface area contributed by atoms with E-state index in [1.165, 1.54) is 57.8 Å². The van der Waals surface area contributed by atoms with Crippen molar-refractivity contribution in [2.24, 2.45) is 0 Å². The molecule has 0 heterocycles. The first-order valence-corrected chi connectivity index (χ1v) is 7.75. The van der Waals surface area contributed by atoms with Crippen molar-refractivity contribution in [3.05, 3.63) is 0 Å². The number of unbranched alkanes of at least 4 members (excludes halogenated alkanes) is 9. The molecular weight excluding hydrogens is 224 g/mol. The van der Waals surface area contributed by atoms with Gasteiger partial charge in [0.15, 0.2) is 5.78 Å².